The number of alkyl halides is 3. The van der Waals surface area contributed by atoms with E-state index in [1.54, 1.807) is 27.7 Å². The summed E-state index contributed by atoms with van der Waals surface area (Å²) < 4.78 is 42.3. The van der Waals surface area contributed by atoms with E-state index in [-0.39, 0.29) is 37.1 Å². The average Bonchev–Trinajstić information content (AvgIpc) is 3.55. The highest BCUT2D eigenvalue weighted by Crippen LogP contribution is 2.37. The van der Waals surface area contributed by atoms with Crippen LogP contribution in [0.25, 0.3) is 5.65 Å². The number of hydrogen-bond acceptors (Lipinski definition) is 5. The normalized spacial score (nSPS) is 24.9. The molecule has 2 N–H and O–H groups in total. The summed E-state index contributed by atoms with van der Waals surface area (Å²) in [4.78, 5) is 30.4. The largest absolute Gasteiger partial charge is 0.408 e. The molecule has 2 unspecified atom stereocenters. The third-order valence-electron chi connectivity index (χ3n) is 8.15. The predicted molar refractivity (Wildman–Crippen MR) is 137 cm³/mol. The standard InChI is InChI=1S/C27H34F3N7O2/c1-3-36-21(10-11-31-36)26(39)35-24(18-6-4-16(2)5-7-18)20-15-37-23(33-20)13-17(14-32-37)12-19-8-9-22(27(28,29)30)34-25(19)38/h10-11,13-16,18-19,22,24H,3-9,12H2,1-2H3,(H,34,38)(H,35,39)/t16?,18?,19?,22?,24-/m0/s1. The molecule has 2 fully saturated rings. The summed E-state index contributed by atoms with van der Waals surface area (Å²) in [6.07, 6.45) is 5.03. The fraction of sp³-hybridized carbons (Fsp3) is 0.593. The number of hydrogen-bond donors (Lipinski definition) is 2. The van der Waals surface area contributed by atoms with Crippen molar-refractivity contribution in [3.05, 3.63) is 47.7 Å². The smallest absolute Gasteiger partial charge is 0.344 e. The molecule has 1 aliphatic heterocycles. The molecule has 3 aromatic heterocycles. The zero-order valence-electron chi connectivity index (χ0n) is 22.1. The Morgan fingerprint density at radius 2 is 1.95 bits per heavy atom. The van der Waals surface area contributed by atoms with Crippen LogP contribution in [0.3, 0.4) is 0 Å². The zero-order valence-corrected chi connectivity index (χ0v) is 22.1. The van der Waals surface area contributed by atoms with Gasteiger partial charge >= 0.3 is 6.18 Å². The first kappa shape index (κ1) is 27.1. The number of carbonyl (C=O) groups is 2. The number of nitrogens with zero attached hydrogens (tertiary/aromatic N) is 5. The maximum atomic E-state index is 13.3. The number of aromatic nitrogens is 5. The summed E-state index contributed by atoms with van der Waals surface area (Å²) in [6.45, 7) is 4.76. The van der Waals surface area contributed by atoms with Crippen molar-refractivity contribution >= 4 is 17.5 Å². The Bertz CT molecular complexity index is 1330. The quantitative estimate of drug-likeness (QED) is 0.462. The van der Waals surface area contributed by atoms with Gasteiger partial charge in [-0.05, 0) is 68.6 Å². The Kier molecular flexibility index (Phi) is 7.64. The van der Waals surface area contributed by atoms with E-state index in [1.807, 2.05) is 19.2 Å². The van der Waals surface area contributed by atoms with Crippen LogP contribution in [0.2, 0.25) is 0 Å². The van der Waals surface area contributed by atoms with E-state index in [0.717, 1.165) is 31.2 Å². The van der Waals surface area contributed by atoms with Gasteiger partial charge in [0.15, 0.2) is 5.65 Å². The van der Waals surface area contributed by atoms with Gasteiger partial charge in [0, 0.05) is 18.7 Å². The van der Waals surface area contributed by atoms with Crippen LogP contribution in [0.4, 0.5) is 13.2 Å². The molecule has 4 heterocycles. The van der Waals surface area contributed by atoms with E-state index in [1.165, 1.54) is 0 Å². The lowest BCUT2D eigenvalue weighted by molar-refractivity contribution is -0.169. The second-order valence-corrected chi connectivity index (χ2v) is 10.9. The highest BCUT2D eigenvalue weighted by molar-refractivity contribution is 5.92. The number of aryl methyl sites for hydroxylation is 1. The van der Waals surface area contributed by atoms with Crippen molar-refractivity contribution in [2.45, 2.75) is 83.6 Å². The zero-order chi connectivity index (χ0) is 27.7. The number of carbonyl (C=O) groups excluding carboxylic acids is 2. The van der Waals surface area contributed by atoms with E-state index in [9.17, 15) is 22.8 Å². The summed E-state index contributed by atoms with van der Waals surface area (Å²) >= 11 is 0. The molecular weight excluding hydrogens is 511 g/mol. The first-order chi connectivity index (χ1) is 18.6. The van der Waals surface area contributed by atoms with Crippen LogP contribution in [0.1, 0.15) is 80.2 Å². The first-order valence-corrected chi connectivity index (χ1v) is 13.7. The number of amides is 2. The Balaban J connectivity index is 1.36. The molecule has 12 heteroatoms. The summed E-state index contributed by atoms with van der Waals surface area (Å²) in [5.74, 6) is -0.480. The van der Waals surface area contributed by atoms with Gasteiger partial charge in [-0.15, -0.1) is 0 Å². The number of imidazole rings is 1. The molecule has 1 aliphatic carbocycles. The van der Waals surface area contributed by atoms with Gasteiger partial charge in [-0.2, -0.15) is 23.4 Å². The van der Waals surface area contributed by atoms with Crippen molar-refractivity contribution in [3.8, 4) is 0 Å². The predicted octanol–water partition coefficient (Wildman–Crippen LogP) is 4.24. The molecule has 0 bridgehead atoms. The first-order valence-electron chi connectivity index (χ1n) is 13.7. The minimum Gasteiger partial charge on any atom is -0.344 e. The third-order valence-corrected chi connectivity index (χ3v) is 8.15. The van der Waals surface area contributed by atoms with Crippen molar-refractivity contribution in [1.29, 1.82) is 0 Å². The van der Waals surface area contributed by atoms with Crippen LogP contribution < -0.4 is 10.6 Å². The molecule has 3 atom stereocenters. The molecule has 2 aliphatic rings. The maximum Gasteiger partial charge on any atom is 0.408 e. The molecular formula is C27H34F3N7O2. The minimum absolute atomic E-state index is 0.137. The second-order valence-electron chi connectivity index (χ2n) is 10.9. The third kappa shape index (κ3) is 5.94. The number of fused-ring (bicyclic) bond motifs is 1. The molecule has 9 nitrogen and oxygen atoms in total. The summed E-state index contributed by atoms with van der Waals surface area (Å²) in [5, 5.41) is 14.0. The van der Waals surface area contributed by atoms with Gasteiger partial charge in [0.1, 0.15) is 11.7 Å². The monoisotopic (exact) mass is 545 g/mol. The van der Waals surface area contributed by atoms with Gasteiger partial charge in [0.05, 0.1) is 24.1 Å². The van der Waals surface area contributed by atoms with E-state index < -0.39 is 24.0 Å². The lowest BCUT2D eigenvalue weighted by Gasteiger charge is -2.32. The number of rotatable bonds is 7. The molecule has 0 spiro atoms. The fourth-order valence-electron chi connectivity index (χ4n) is 5.83. The van der Waals surface area contributed by atoms with Crippen molar-refractivity contribution in [2.24, 2.45) is 17.8 Å². The molecule has 39 heavy (non-hydrogen) atoms. The van der Waals surface area contributed by atoms with E-state index in [2.05, 4.69) is 27.8 Å². The minimum atomic E-state index is -4.44. The van der Waals surface area contributed by atoms with Crippen molar-refractivity contribution in [1.82, 2.24) is 35.0 Å². The van der Waals surface area contributed by atoms with Crippen LogP contribution in [0, 0.1) is 17.8 Å². The van der Waals surface area contributed by atoms with Crippen molar-refractivity contribution in [3.63, 3.8) is 0 Å². The highest BCUT2D eigenvalue weighted by atomic mass is 19.4. The van der Waals surface area contributed by atoms with Gasteiger partial charge < -0.3 is 10.6 Å². The lowest BCUT2D eigenvalue weighted by Crippen LogP contribution is -2.51. The molecule has 1 saturated carbocycles. The van der Waals surface area contributed by atoms with Gasteiger partial charge in [0.25, 0.3) is 5.91 Å². The lowest BCUT2D eigenvalue weighted by atomic mass is 9.78. The van der Waals surface area contributed by atoms with E-state index >= 15 is 0 Å². The van der Waals surface area contributed by atoms with Gasteiger partial charge in [-0.1, -0.05) is 19.8 Å². The molecule has 1 saturated heterocycles. The van der Waals surface area contributed by atoms with Crippen molar-refractivity contribution in [2.75, 3.05) is 0 Å². The van der Waals surface area contributed by atoms with Crippen LogP contribution in [0.5, 0.6) is 0 Å². The molecule has 3 aromatic rings. The van der Waals surface area contributed by atoms with Crippen LogP contribution in [-0.4, -0.2) is 48.4 Å². The number of nitrogens with one attached hydrogen (secondary N) is 2. The Labute approximate surface area is 224 Å². The SMILES string of the molecule is CCn1nccc1C(=O)N[C@H](c1cn2ncc(CC3CCC(C(F)(F)F)NC3=O)cc2n1)C1CCC(C)CC1. The van der Waals surface area contributed by atoms with Crippen LogP contribution in [0.15, 0.2) is 30.7 Å². The van der Waals surface area contributed by atoms with Gasteiger partial charge in [-0.25, -0.2) is 9.50 Å². The average molecular weight is 546 g/mol. The highest BCUT2D eigenvalue weighted by Gasteiger charge is 2.44. The van der Waals surface area contributed by atoms with Crippen molar-refractivity contribution < 1.29 is 22.8 Å². The molecule has 2 amide bonds. The Morgan fingerprint density at radius 3 is 2.64 bits per heavy atom. The van der Waals surface area contributed by atoms with Crippen LogP contribution in [-0.2, 0) is 17.8 Å². The maximum absolute atomic E-state index is 13.3. The van der Waals surface area contributed by atoms with E-state index in [4.69, 9.17) is 4.98 Å². The number of halogens is 3. The Hall–Kier alpha value is -3.44. The summed E-state index contributed by atoms with van der Waals surface area (Å²) in [7, 11) is 0. The fourth-order valence-corrected chi connectivity index (χ4v) is 5.83. The number of piperidine rings is 1. The second kappa shape index (κ2) is 11.0. The molecule has 210 valence electrons. The Morgan fingerprint density at radius 1 is 1.18 bits per heavy atom. The topological polar surface area (TPSA) is 106 Å². The summed E-state index contributed by atoms with van der Waals surface area (Å²) in [5.41, 5.74) is 2.49. The van der Waals surface area contributed by atoms with Gasteiger partial charge in [0.2, 0.25) is 5.91 Å². The molecule has 0 radical (unpaired) electrons. The van der Waals surface area contributed by atoms with Crippen LogP contribution >= 0.6 is 0 Å². The molecule has 0 aromatic carbocycles. The summed E-state index contributed by atoms with van der Waals surface area (Å²) in [6, 6.07) is 1.42. The van der Waals surface area contributed by atoms with E-state index in [0.29, 0.717) is 29.5 Å². The molecule has 5 rings (SSSR count). The van der Waals surface area contributed by atoms with Gasteiger partial charge in [-0.3, -0.25) is 14.3 Å².